The molecule has 100 valence electrons. The van der Waals surface area contributed by atoms with E-state index in [1.54, 1.807) is 7.11 Å². The molecule has 0 spiro atoms. The number of hydrogen-bond donors (Lipinski definition) is 1. The third kappa shape index (κ3) is 2.83. The number of fused-ring (bicyclic) bond motifs is 1. The molecule has 1 unspecified atom stereocenters. The van der Waals surface area contributed by atoms with Gasteiger partial charge in [-0.1, -0.05) is 6.08 Å². The van der Waals surface area contributed by atoms with E-state index in [1.807, 2.05) is 0 Å². The van der Waals surface area contributed by atoms with Crippen molar-refractivity contribution in [2.24, 2.45) is 5.73 Å². The summed E-state index contributed by atoms with van der Waals surface area (Å²) >= 11 is 0. The van der Waals surface area contributed by atoms with Crippen molar-refractivity contribution in [1.29, 1.82) is 0 Å². The van der Waals surface area contributed by atoms with Crippen LogP contribution < -0.4 is 16.3 Å². The van der Waals surface area contributed by atoms with Crippen LogP contribution in [0.3, 0.4) is 0 Å². The largest absolute Gasteiger partial charge is 0.383 e. The van der Waals surface area contributed by atoms with E-state index in [4.69, 9.17) is 10.5 Å². The molecule has 0 bridgehead atoms. The Bertz CT molecular complexity index is 516. The fourth-order valence-corrected chi connectivity index (χ4v) is 2.43. The second-order valence-corrected chi connectivity index (χ2v) is 5.15. The Morgan fingerprint density at radius 1 is 1.50 bits per heavy atom. The molecular weight excluding hydrogens is 226 g/mol. The molecule has 1 atom stereocenters. The molecule has 1 aromatic heterocycles. The first-order valence-electron chi connectivity index (χ1n) is 6.41. The average Bonchev–Trinajstić information content (AvgIpc) is 2.63. The summed E-state index contributed by atoms with van der Waals surface area (Å²) in [6.07, 6.45) is 7.60. The maximum absolute atomic E-state index is 6.02. The van der Waals surface area contributed by atoms with Gasteiger partial charge in [-0.3, -0.25) is 0 Å². The van der Waals surface area contributed by atoms with Crippen LogP contribution in [0.5, 0.6) is 0 Å². The van der Waals surface area contributed by atoms with Crippen LogP contribution >= 0.6 is 0 Å². The van der Waals surface area contributed by atoms with Gasteiger partial charge in [0.15, 0.2) is 0 Å². The van der Waals surface area contributed by atoms with Gasteiger partial charge in [0.05, 0.1) is 6.61 Å². The molecular formula is C14H23N3O. The molecule has 2 rings (SSSR count). The molecule has 1 aliphatic carbocycles. The fourth-order valence-electron chi connectivity index (χ4n) is 2.43. The van der Waals surface area contributed by atoms with Crippen LogP contribution in [0.25, 0.3) is 12.2 Å². The van der Waals surface area contributed by atoms with Gasteiger partial charge in [0.2, 0.25) is 0 Å². The van der Waals surface area contributed by atoms with Gasteiger partial charge in [0.1, 0.15) is 0 Å². The van der Waals surface area contributed by atoms with Crippen LogP contribution in [-0.2, 0) is 17.8 Å². The van der Waals surface area contributed by atoms with Gasteiger partial charge in [-0.15, -0.1) is 0 Å². The van der Waals surface area contributed by atoms with Crippen molar-refractivity contribution in [1.82, 2.24) is 9.47 Å². The first-order chi connectivity index (χ1) is 8.61. The van der Waals surface area contributed by atoms with Crippen molar-refractivity contribution in [2.75, 3.05) is 27.8 Å². The highest BCUT2D eigenvalue weighted by molar-refractivity contribution is 5.44. The van der Waals surface area contributed by atoms with E-state index in [2.05, 4.69) is 41.9 Å². The van der Waals surface area contributed by atoms with E-state index in [-0.39, 0.29) is 6.04 Å². The lowest BCUT2D eigenvalue weighted by atomic mass is 10.1. The number of nitrogens with two attached hydrogens (primary N) is 1. The Morgan fingerprint density at radius 3 is 2.94 bits per heavy atom. The first-order valence-corrected chi connectivity index (χ1v) is 6.41. The summed E-state index contributed by atoms with van der Waals surface area (Å²) in [5, 5.41) is 2.60. The summed E-state index contributed by atoms with van der Waals surface area (Å²) < 4.78 is 7.42. The Hall–Kier alpha value is -1.10. The van der Waals surface area contributed by atoms with Gasteiger partial charge >= 0.3 is 0 Å². The molecule has 18 heavy (non-hydrogen) atoms. The molecule has 1 aromatic rings. The van der Waals surface area contributed by atoms with Crippen LogP contribution in [-0.4, -0.2) is 43.3 Å². The third-order valence-electron chi connectivity index (χ3n) is 3.23. The summed E-state index contributed by atoms with van der Waals surface area (Å²) in [6.45, 7) is 2.57. The average molecular weight is 249 g/mol. The number of rotatable bonds is 5. The van der Waals surface area contributed by atoms with Crippen molar-refractivity contribution in [2.45, 2.75) is 25.6 Å². The molecule has 0 aromatic carbocycles. The summed E-state index contributed by atoms with van der Waals surface area (Å²) in [5.41, 5.74) is 7.39. The van der Waals surface area contributed by atoms with E-state index >= 15 is 0 Å². The van der Waals surface area contributed by atoms with Crippen molar-refractivity contribution >= 4 is 12.2 Å². The highest BCUT2D eigenvalue weighted by Gasteiger charge is 2.11. The highest BCUT2D eigenvalue weighted by Crippen LogP contribution is 2.01. The molecule has 0 saturated carbocycles. The standard InChI is InChI=1S/C14H23N3O/c1-16(2)9-11-10-17(6-7-18-3)14-8-12(15)4-5-13(11)14/h5,8,10,12H,4,6-7,9,15H2,1-3H3. The Kier molecular flexibility index (Phi) is 4.22. The second kappa shape index (κ2) is 5.69. The second-order valence-electron chi connectivity index (χ2n) is 5.15. The molecule has 1 aliphatic rings. The van der Waals surface area contributed by atoms with Gasteiger partial charge in [0, 0.05) is 37.8 Å². The van der Waals surface area contributed by atoms with E-state index in [0.717, 1.165) is 26.1 Å². The highest BCUT2D eigenvalue weighted by atomic mass is 16.5. The number of nitrogens with zero attached hydrogens (tertiary/aromatic N) is 2. The predicted molar refractivity (Wildman–Crippen MR) is 74.5 cm³/mol. The summed E-state index contributed by atoms with van der Waals surface area (Å²) in [4.78, 5) is 2.19. The van der Waals surface area contributed by atoms with Crippen LogP contribution in [0.1, 0.15) is 12.0 Å². The summed E-state index contributed by atoms with van der Waals surface area (Å²) in [7, 11) is 5.92. The van der Waals surface area contributed by atoms with E-state index < -0.39 is 0 Å². The maximum Gasteiger partial charge on any atom is 0.0641 e. The first kappa shape index (κ1) is 13.3. The SMILES string of the molecule is COCCn1cc(CN(C)C)c2c1=CC(N)CC=2. The molecule has 0 aliphatic heterocycles. The number of hydrogen-bond acceptors (Lipinski definition) is 3. The lowest BCUT2D eigenvalue weighted by molar-refractivity contribution is 0.186. The Balaban J connectivity index is 2.43. The van der Waals surface area contributed by atoms with E-state index in [9.17, 15) is 0 Å². The van der Waals surface area contributed by atoms with Gasteiger partial charge in [-0.05, 0) is 37.4 Å². The van der Waals surface area contributed by atoms with Crippen LogP contribution in [0.4, 0.5) is 0 Å². The van der Waals surface area contributed by atoms with Crippen molar-refractivity contribution in [3.8, 4) is 0 Å². The molecule has 4 heteroatoms. The molecule has 0 fully saturated rings. The fraction of sp³-hybridized carbons (Fsp3) is 0.571. The summed E-state index contributed by atoms with van der Waals surface area (Å²) in [6, 6.07) is 0.140. The zero-order chi connectivity index (χ0) is 13.1. The van der Waals surface area contributed by atoms with Gasteiger partial charge in [-0.25, -0.2) is 0 Å². The molecule has 0 radical (unpaired) electrons. The lowest BCUT2D eigenvalue weighted by Crippen LogP contribution is -2.38. The molecule has 2 N–H and O–H groups in total. The van der Waals surface area contributed by atoms with Crippen molar-refractivity contribution < 1.29 is 4.74 Å². The third-order valence-corrected chi connectivity index (χ3v) is 3.23. The Labute approximate surface area is 108 Å². The topological polar surface area (TPSA) is 43.4 Å². The van der Waals surface area contributed by atoms with E-state index in [0.29, 0.717) is 0 Å². The minimum atomic E-state index is 0.140. The van der Waals surface area contributed by atoms with Gasteiger partial charge in [-0.2, -0.15) is 0 Å². The number of ether oxygens (including phenoxy) is 1. The van der Waals surface area contributed by atoms with Crippen LogP contribution in [0, 0.1) is 0 Å². The van der Waals surface area contributed by atoms with Gasteiger partial charge < -0.3 is 19.9 Å². The van der Waals surface area contributed by atoms with Crippen LogP contribution in [0.15, 0.2) is 6.20 Å². The Morgan fingerprint density at radius 2 is 2.28 bits per heavy atom. The zero-order valence-corrected chi connectivity index (χ0v) is 11.5. The van der Waals surface area contributed by atoms with Crippen molar-refractivity contribution in [3.05, 3.63) is 22.3 Å². The minimum Gasteiger partial charge on any atom is -0.383 e. The smallest absolute Gasteiger partial charge is 0.0641 e. The molecule has 0 amide bonds. The predicted octanol–water partition coefficient (Wildman–Crippen LogP) is -0.512. The molecule has 4 nitrogen and oxygen atoms in total. The van der Waals surface area contributed by atoms with E-state index in [1.165, 1.54) is 16.1 Å². The number of aromatic nitrogens is 1. The molecule has 0 saturated heterocycles. The minimum absolute atomic E-state index is 0.140. The normalized spacial score (nSPS) is 18.4. The maximum atomic E-state index is 6.02. The van der Waals surface area contributed by atoms with Crippen molar-refractivity contribution in [3.63, 3.8) is 0 Å². The summed E-state index contributed by atoms with van der Waals surface area (Å²) in [5.74, 6) is 0. The lowest BCUT2D eigenvalue weighted by Gasteiger charge is -2.09. The van der Waals surface area contributed by atoms with Gasteiger partial charge in [0.25, 0.3) is 0 Å². The zero-order valence-electron chi connectivity index (χ0n) is 11.5. The molecule has 1 heterocycles. The number of methoxy groups -OCH3 is 1. The van der Waals surface area contributed by atoms with Crippen LogP contribution in [0.2, 0.25) is 0 Å². The monoisotopic (exact) mass is 249 g/mol. The quantitative estimate of drug-likeness (QED) is 0.764.